The van der Waals surface area contributed by atoms with Crippen LogP contribution in [0, 0.1) is 0 Å². The van der Waals surface area contributed by atoms with Crippen molar-refractivity contribution in [3.63, 3.8) is 0 Å². The van der Waals surface area contributed by atoms with Crippen LogP contribution in [0.25, 0.3) is 0 Å². The maximum atomic E-state index is 9.64. The minimum Gasteiger partial charge on any atom is -0.481 e. The molecule has 0 unspecified atom stereocenters. The minimum absolute atomic E-state index is 0. The van der Waals surface area contributed by atoms with Gasteiger partial charge in [-0.05, 0) is 0 Å². The zero-order valence-corrected chi connectivity index (χ0v) is 9.45. The van der Waals surface area contributed by atoms with Crippen molar-refractivity contribution in [2.45, 2.75) is 12.8 Å². The molecule has 0 aliphatic carbocycles. The van der Waals surface area contributed by atoms with E-state index in [4.69, 9.17) is 20.4 Å². The first-order valence-corrected chi connectivity index (χ1v) is 3.83. The van der Waals surface area contributed by atoms with E-state index < -0.39 is 23.9 Å². The molecule has 0 fully saturated rings. The molecular formula is C8H10FeO8. The molecule has 9 heteroatoms. The third-order valence-electron chi connectivity index (χ3n) is 0.921. The molecule has 0 atom stereocenters. The average Bonchev–Trinajstić information content (AvgIpc) is 2.12. The van der Waals surface area contributed by atoms with Gasteiger partial charge in [-0.1, -0.05) is 0 Å². The molecule has 8 nitrogen and oxygen atoms in total. The van der Waals surface area contributed by atoms with Crippen LogP contribution in [0.5, 0.6) is 0 Å². The smallest absolute Gasteiger partial charge is 0.328 e. The summed E-state index contributed by atoms with van der Waals surface area (Å²) in [5.41, 5.74) is 0. The van der Waals surface area contributed by atoms with Gasteiger partial charge in [0.25, 0.3) is 0 Å². The number of aliphatic carboxylic acids is 4. The summed E-state index contributed by atoms with van der Waals surface area (Å²) in [5.74, 6) is -4.67. The molecule has 0 rings (SSSR count). The fourth-order valence-electron chi connectivity index (χ4n) is 0.356. The Morgan fingerprint density at radius 2 is 0.941 bits per heavy atom. The summed E-state index contributed by atoms with van der Waals surface area (Å²) in [7, 11) is 0. The monoisotopic (exact) mass is 290 g/mol. The van der Waals surface area contributed by atoms with Gasteiger partial charge in [-0.2, -0.15) is 0 Å². The molecule has 0 spiro atoms. The van der Waals surface area contributed by atoms with Gasteiger partial charge >= 0.3 is 23.9 Å². The average molecular weight is 290 g/mol. The summed E-state index contributed by atoms with van der Waals surface area (Å²) in [6.45, 7) is 0. The molecular weight excluding hydrogens is 280 g/mol. The van der Waals surface area contributed by atoms with Crippen LogP contribution in [-0.2, 0) is 36.2 Å². The van der Waals surface area contributed by atoms with Gasteiger partial charge in [0, 0.05) is 29.2 Å². The molecule has 0 aliphatic heterocycles. The summed E-state index contributed by atoms with van der Waals surface area (Å²) in [6.07, 6.45) is 0.523. The first-order valence-electron chi connectivity index (χ1n) is 3.83. The van der Waals surface area contributed by atoms with E-state index in [-0.39, 0.29) is 29.9 Å². The molecule has 0 heterocycles. The van der Waals surface area contributed by atoms with Crippen LogP contribution in [0.15, 0.2) is 12.2 Å². The largest absolute Gasteiger partial charge is 0.481 e. The molecule has 98 valence electrons. The van der Waals surface area contributed by atoms with Gasteiger partial charge < -0.3 is 20.4 Å². The van der Waals surface area contributed by atoms with E-state index in [1.807, 2.05) is 0 Å². The van der Waals surface area contributed by atoms with Crippen LogP contribution in [0.4, 0.5) is 0 Å². The van der Waals surface area contributed by atoms with Crippen LogP contribution in [-0.4, -0.2) is 44.3 Å². The second-order valence-electron chi connectivity index (χ2n) is 2.30. The molecule has 17 heavy (non-hydrogen) atoms. The van der Waals surface area contributed by atoms with Crippen molar-refractivity contribution in [2.24, 2.45) is 0 Å². The van der Waals surface area contributed by atoms with Crippen LogP contribution in [0.1, 0.15) is 12.8 Å². The van der Waals surface area contributed by atoms with Crippen LogP contribution in [0.2, 0.25) is 0 Å². The van der Waals surface area contributed by atoms with Crippen molar-refractivity contribution in [1.82, 2.24) is 0 Å². The Bertz CT molecular complexity index is 279. The molecule has 0 bridgehead atoms. The zero-order valence-electron chi connectivity index (χ0n) is 8.34. The third kappa shape index (κ3) is 31.5. The summed E-state index contributed by atoms with van der Waals surface area (Å²) >= 11 is 0. The maximum Gasteiger partial charge on any atom is 0.328 e. The Labute approximate surface area is 106 Å². The number of hydrogen-bond donors (Lipinski definition) is 4. The van der Waals surface area contributed by atoms with E-state index in [1.54, 1.807) is 0 Å². The number of rotatable bonds is 5. The molecule has 0 aromatic heterocycles. The van der Waals surface area contributed by atoms with E-state index in [9.17, 15) is 19.2 Å². The van der Waals surface area contributed by atoms with Crippen molar-refractivity contribution in [1.29, 1.82) is 0 Å². The van der Waals surface area contributed by atoms with Crippen molar-refractivity contribution in [3.8, 4) is 0 Å². The molecule has 0 amide bonds. The van der Waals surface area contributed by atoms with Crippen molar-refractivity contribution in [3.05, 3.63) is 12.2 Å². The number of hydrogen-bond acceptors (Lipinski definition) is 4. The van der Waals surface area contributed by atoms with Crippen molar-refractivity contribution >= 4 is 23.9 Å². The van der Waals surface area contributed by atoms with Gasteiger partial charge in [0.2, 0.25) is 0 Å². The van der Waals surface area contributed by atoms with Gasteiger partial charge in [0.05, 0.1) is 12.8 Å². The number of carbonyl (C=O) groups is 4. The summed E-state index contributed by atoms with van der Waals surface area (Å²) < 4.78 is 0. The summed E-state index contributed by atoms with van der Waals surface area (Å²) in [4.78, 5) is 38.4. The van der Waals surface area contributed by atoms with E-state index >= 15 is 0 Å². The molecule has 0 aliphatic rings. The Morgan fingerprint density at radius 1 is 0.706 bits per heavy atom. The van der Waals surface area contributed by atoms with Gasteiger partial charge in [-0.25, -0.2) is 9.59 Å². The number of carboxylic acid groups (broad SMARTS) is 4. The van der Waals surface area contributed by atoms with Crippen LogP contribution in [0.3, 0.4) is 0 Å². The zero-order chi connectivity index (χ0) is 13.1. The Kier molecular flexibility index (Phi) is 14.8. The second kappa shape index (κ2) is 12.2. The minimum atomic E-state index is -1.26. The SMILES string of the molecule is O=C(O)/C=C/C(=O)O.O=C(O)CCC(=O)O.[Fe]. The third-order valence-corrected chi connectivity index (χ3v) is 0.921. The maximum absolute atomic E-state index is 9.64. The molecule has 4 N–H and O–H groups in total. The van der Waals surface area contributed by atoms with E-state index in [2.05, 4.69) is 0 Å². The van der Waals surface area contributed by atoms with Crippen molar-refractivity contribution < 1.29 is 56.7 Å². The van der Waals surface area contributed by atoms with E-state index in [0.29, 0.717) is 12.2 Å². The normalized spacial score (nSPS) is 8.47. The summed E-state index contributed by atoms with van der Waals surface area (Å²) in [5, 5.41) is 31.4. The second-order valence-corrected chi connectivity index (χ2v) is 2.30. The molecule has 0 saturated carbocycles. The number of carboxylic acids is 4. The predicted octanol–water partition coefficient (Wildman–Crippen LogP) is -0.355. The topological polar surface area (TPSA) is 149 Å². The fraction of sp³-hybridized carbons (Fsp3) is 0.250. The Hall–Kier alpha value is -1.86. The molecule has 0 saturated heterocycles. The quantitative estimate of drug-likeness (QED) is 0.396. The summed E-state index contributed by atoms with van der Waals surface area (Å²) in [6, 6.07) is 0. The van der Waals surface area contributed by atoms with Gasteiger partial charge in [0.1, 0.15) is 0 Å². The predicted molar refractivity (Wildman–Crippen MR) is 48.9 cm³/mol. The van der Waals surface area contributed by atoms with Crippen LogP contribution < -0.4 is 0 Å². The molecule has 0 aromatic carbocycles. The first kappa shape index (κ1) is 20.5. The van der Waals surface area contributed by atoms with Crippen LogP contribution >= 0.6 is 0 Å². The van der Waals surface area contributed by atoms with Gasteiger partial charge in [-0.15, -0.1) is 0 Å². The first-order chi connectivity index (χ1) is 7.25. The Morgan fingerprint density at radius 3 is 1.06 bits per heavy atom. The van der Waals surface area contributed by atoms with Gasteiger partial charge in [0.15, 0.2) is 0 Å². The van der Waals surface area contributed by atoms with Crippen molar-refractivity contribution in [2.75, 3.05) is 0 Å². The van der Waals surface area contributed by atoms with E-state index in [1.165, 1.54) is 0 Å². The fourth-order valence-corrected chi connectivity index (χ4v) is 0.356. The van der Waals surface area contributed by atoms with Gasteiger partial charge in [-0.3, -0.25) is 9.59 Å². The molecule has 0 aromatic rings. The molecule has 0 radical (unpaired) electrons. The van der Waals surface area contributed by atoms with E-state index in [0.717, 1.165) is 0 Å². The standard InChI is InChI=1S/C4H6O4.C4H4O4.Fe/c2*5-3(6)1-2-4(7)8;/h1-2H2,(H,5,6)(H,7,8);1-2H,(H,5,6)(H,7,8);/b;2-1+;. The Balaban J connectivity index is -0.000000218.